The van der Waals surface area contributed by atoms with E-state index in [1.165, 1.54) is 25.9 Å². The Labute approximate surface area is 98.7 Å². The second-order valence-electron chi connectivity index (χ2n) is 5.26. The number of likely N-dealkylation sites (N-methyl/N-ethyl adjacent to an activating group) is 1. The molecule has 0 aromatic heterocycles. The van der Waals surface area contributed by atoms with E-state index in [9.17, 15) is 0 Å². The molecule has 4 heteroatoms. The van der Waals surface area contributed by atoms with Crippen molar-refractivity contribution < 1.29 is 4.74 Å². The summed E-state index contributed by atoms with van der Waals surface area (Å²) in [5.41, 5.74) is 5.75. The van der Waals surface area contributed by atoms with Crippen LogP contribution in [0.15, 0.2) is 0 Å². The standard InChI is InChI=1S/C12H25N3O/c1-14-5-6-16-12(9-14)10-15-4-2-3-11(7-13)8-15/h11-12H,2-10,13H2,1H3. The number of rotatable bonds is 3. The van der Waals surface area contributed by atoms with Gasteiger partial charge in [0.05, 0.1) is 12.7 Å². The monoisotopic (exact) mass is 227 g/mol. The molecule has 0 aromatic rings. The summed E-state index contributed by atoms with van der Waals surface area (Å²) in [6.45, 7) is 7.34. The summed E-state index contributed by atoms with van der Waals surface area (Å²) in [6, 6.07) is 0. The van der Waals surface area contributed by atoms with Crippen LogP contribution in [0.25, 0.3) is 0 Å². The Kier molecular flexibility index (Phi) is 4.58. The van der Waals surface area contributed by atoms with Crippen LogP contribution in [0, 0.1) is 5.92 Å². The minimum absolute atomic E-state index is 0.398. The maximum Gasteiger partial charge on any atom is 0.0829 e. The average Bonchev–Trinajstić information content (AvgIpc) is 2.29. The van der Waals surface area contributed by atoms with Crippen molar-refractivity contribution in [1.82, 2.24) is 9.80 Å². The number of nitrogens with zero attached hydrogens (tertiary/aromatic N) is 2. The van der Waals surface area contributed by atoms with Crippen LogP contribution in [0.2, 0.25) is 0 Å². The Morgan fingerprint density at radius 1 is 1.31 bits per heavy atom. The fourth-order valence-electron chi connectivity index (χ4n) is 2.77. The minimum Gasteiger partial charge on any atom is -0.374 e. The van der Waals surface area contributed by atoms with Gasteiger partial charge in [-0.05, 0) is 38.9 Å². The van der Waals surface area contributed by atoms with Gasteiger partial charge in [0.2, 0.25) is 0 Å². The molecule has 2 aliphatic heterocycles. The van der Waals surface area contributed by atoms with Crippen LogP contribution in [0.1, 0.15) is 12.8 Å². The predicted molar refractivity (Wildman–Crippen MR) is 65.5 cm³/mol. The first kappa shape index (κ1) is 12.3. The predicted octanol–water partition coefficient (Wildman–Crippen LogP) is -0.0123. The van der Waals surface area contributed by atoms with Crippen LogP contribution >= 0.6 is 0 Å². The molecule has 2 aliphatic rings. The van der Waals surface area contributed by atoms with Crippen LogP contribution in [0.3, 0.4) is 0 Å². The topological polar surface area (TPSA) is 41.7 Å². The zero-order valence-electron chi connectivity index (χ0n) is 10.4. The van der Waals surface area contributed by atoms with Gasteiger partial charge >= 0.3 is 0 Å². The highest BCUT2D eigenvalue weighted by molar-refractivity contribution is 4.78. The Morgan fingerprint density at radius 2 is 2.19 bits per heavy atom. The molecule has 2 N–H and O–H groups in total. The molecule has 2 heterocycles. The van der Waals surface area contributed by atoms with Crippen LogP contribution in [0.4, 0.5) is 0 Å². The fourth-order valence-corrected chi connectivity index (χ4v) is 2.77. The first-order chi connectivity index (χ1) is 7.78. The number of morpholine rings is 1. The molecule has 2 fully saturated rings. The summed E-state index contributed by atoms with van der Waals surface area (Å²) >= 11 is 0. The van der Waals surface area contributed by atoms with E-state index in [4.69, 9.17) is 10.5 Å². The molecule has 94 valence electrons. The molecule has 0 saturated carbocycles. The Hall–Kier alpha value is -0.160. The molecule has 0 amide bonds. The number of likely N-dealkylation sites (tertiary alicyclic amines) is 1. The average molecular weight is 227 g/mol. The maximum absolute atomic E-state index is 5.81. The van der Waals surface area contributed by atoms with Crippen molar-refractivity contribution in [2.45, 2.75) is 18.9 Å². The van der Waals surface area contributed by atoms with Gasteiger partial charge in [0.15, 0.2) is 0 Å². The first-order valence-corrected chi connectivity index (χ1v) is 6.50. The smallest absolute Gasteiger partial charge is 0.0829 e. The zero-order chi connectivity index (χ0) is 11.4. The lowest BCUT2D eigenvalue weighted by Crippen LogP contribution is -2.48. The van der Waals surface area contributed by atoms with Crippen molar-refractivity contribution in [1.29, 1.82) is 0 Å². The highest BCUT2D eigenvalue weighted by atomic mass is 16.5. The third-order valence-corrected chi connectivity index (χ3v) is 3.74. The van der Waals surface area contributed by atoms with Crippen LogP contribution in [-0.2, 0) is 4.74 Å². The molecule has 2 atom stereocenters. The zero-order valence-corrected chi connectivity index (χ0v) is 10.4. The Morgan fingerprint density at radius 3 is 2.94 bits per heavy atom. The summed E-state index contributed by atoms with van der Waals surface area (Å²) in [4.78, 5) is 4.89. The number of hydrogen-bond donors (Lipinski definition) is 1. The molecule has 0 bridgehead atoms. The quantitative estimate of drug-likeness (QED) is 0.736. The molecular formula is C12H25N3O. The van der Waals surface area contributed by atoms with Crippen molar-refractivity contribution >= 4 is 0 Å². The van der Waals surface area contributed by atoms with Gasteiger partial charge in [-0.3, -0.25) is 0 Å². The van der Waals surface area contributed by atoms with Gasteiger partial charge in [-0.15, -0.1) is 0 Å². The molecule has 2 unspecified atom stereocenters. The summed E-state index contributed by atoms with van der Waals surface area (Å²) in [5.74, 6) is 0.704. The van der Waals surface area contributed by atoms with E-state index in [1.54, 1.807) is 0 Å². The molecule has 0 spiro atoms. The van der Waals surface area contributed by atoms with Crippen molar-refractivity contribution in [3.05, 3.63) is 0 Å². The molecule has 2 rings (SSSR count). The van der Waals surface area contributed by atoms with E-state index < -0.39 is 0 Å². The Balaban J connectivity index is 1.75. The molecule has 0 aliphatic carbocycles. The van der Waals surface area contributed by atoms with Gasteiger partial charge in [0.1, 0.15) is 0 Å². The van der Waals surface area contributed by atoms with Crippen molar-refractivity contribution in [3.63, 3.8) is 0 Å². The van der Waals surface area contributed by atoms with Crippen LogP contribution in [-0.4, -0.2) is 68.8 Å². The van der Waals surface area contributed by atoms with E-state index >= 15 is 0 Å². The number of nitrogens with two attached hydrogens (primary N) is 1. The molecule has 0 aromatic carbocycles. The Bertz CT molecular complexity index is 212. The minimum atomic E-state index is 0.398. The lowest BCUT2D eigenvalue weighted by molar-refractivity contribution is -0.0401. The summed E-state index contributed by atoms with van der Waals surface area (Å²) in [6.07, 6.45) is 3.00. The van der Waals surface area contributed by atoms with Crippen molar-refractivity contribution in [3.8, 4) is 0 Å². The number of ether oxygens (including phenoxy) is 1. The first-order valence-electron chi connectivity index (χ1n) is 6.50. The summed E-state index contributed by atoms with van der Waals surface area (Å²) in [5, 5.41) is 0. The fraction of sp³-hybridized carbons (Fsp3) is 1.00. The van der Waals surface area contributed by atoms with E-state index in [-0.39, 0.29) is 0 Å². The third-order valence-electron chi connectivity index (χ3n) is 3.74. The highest BCUT2D eigenvalue weighted by Gasteiger charge is 2.24. The number of piperidine rings is 1. The van der Waals surface area contributed by atoms with E-state index in [0.29, 0.717) is 12.0 Å². The van der Waals surface area contributed by atoms with Gasteiger partial charge in [-0.2, -0.15) is 0 Å². The van der Waals surface area contributed by atoms with Gasteiger partial charge in [0.25, 0.3) is 0 Å². The van der Waals surface area contributed by atoms with Crippen molar-refractivity contribution in [2.24, 2.45) is 11.7 Å². The van der Waals surface area contributed by atoms with E-state index in [0.717, 1.165) is 32.8 Å². The highest BCUT2D eigenvalue weighted by Crippen LogP contribution is 2.16. The van der Waals surface area contributed by atoms with Crippen molar-refractivity contribution in [2.75, 3.05) is 52.9 Å². The molecule has 16 heavy (non-hydrogen) atoms. The van der Waals surface area contributed by atoms with Gasteiger partial charge < -0.3 is 20.3 Å². The second-order valence-corrected chi connectivity index (χ2v) is 5.26. The molecule has 4 nitrogen and oxygen atoms in total. The van der Waals surface area contributed by atoms with Crippen LogP contribution in [0.5, 0.6) is 0 Å². The maximum atomic E-state index is 5.81. The largest absolute Gasteiger partial charge is 0.374 e. The number of hydrogen-bond acceptors (Lipinski definition) is 4. The molecular weight excluding hydrogens is 202 g/mol. The van der Waals surface area contributed by atoms with Gasteiger partial charge in [-0.25, -0.2) is 0 Å². The van der Waals surface area contributed by atoms with Gasteiger partial charge in [-0.1, -0.05) is 0 Å². The molecule has 0 radical (unpaired) electrons. The normalized spacial score (nSPS) is 34.1. The third kappa shape index (κ3) is 3.42. The van der Waals surface area contributed by atoms with E-state index in [1.807, 2.05) is 0 Å². The van der Waals surface area contributed by atoms with Crippen LogP contribution < -0.4 is 5.73 Å². The molecule has 2 saturated heterocycles. The SMILES string of the molecule is CN1CCOC(CN2CCCC(CN)C2)C1. The summed E-state index contributed by atoms with van der Waals surface area (Å²) < 4.78 is 5.81. The summed E-state index contributed by atoms with van der Waals surface area (Å²) in [7, 11) is 2.18. The van der Waals surface area contributed by atoms with Gasteiger partial charge in [0, 0.05) is 26.2 Å². The lowest BCUT2D eigenvalue weighted by atomic mass is 9.98. The van der Waals surface area contributed by atoms with E-state index in [2.05, 4.69) is 16.8 Å². The second kappa shape index (κ2) is 5.96. The lowest BCUT2D eigenvalue weighted by Gasteiger charge is -2.37.